The maximum atomic E-state index is 11.4. The maximum absolute atomic E-state index is 11.4. The molecule has 0 aromatic heterocycles. The molecule has 0 bridgehead atoms. The number of methoxy groups -OCH3 is 1. The van der Waals surface area contributed by atoms with Gasteiger partial charge in [-0.1, -0.05) is 6.58 Å². The van der Waals surface area contributed by atoms with E-state index in [1.165, 1.54) is 0 Å². The summed E-state index contributed by atoms with van der Waals surface area (Å²) in [6.07, 6.45) is 0. The van der Waals surface area contributed by atoms with Gasteiger partial charge in [0.05, 0.1) is 7.11 Å². The molecule has 1 rings (SSSR count). The molecular formula is C13H19NO2. The van der Waals surface area contributed by atoms with Gasteiger partial charge in [0.15, 0.2) is 5.78 Å². The van der Waals surface area contributed by atoms with Crippen LogP contribution in [0, 0.1) is 0 Å². The van der Waals surface area contributed by atoms with Crippen LogP contribution in [-0.2, 0) is 0 Å². The lowest BCUT2D eigenvalue weighted by atomic mass is 10.1. The van der Waals surface area contributed by atoms with E-state index in [4.69, 9.17) is 4.74 Å². The normalized spacial score (nSPS) is 8.75. The zero-order chi connectivity index (χ0) is 12.6. The van der Waals surface area contributed by atoms with Crippen LogP contribution in [0.15, 0.2) is 36.4 Å². The first-order valence-electron chi connectivity index (χ1n) is 4.99. The number of hydrogen-bond donors (Lipinski definition) is 1. The highest BCUT2D eigenvalue weighted by Gasteiger charge is 2.05. The quantitative estimate of drug-likeness (QED) is 0.628. The molecule has 0 heterocycles. The fraction of sp³-hybridized carbons (Fsp3) is 0.308. The summed E-state index contributed by atoms with van der Waals surface area (Å²) in [5, 5.41) is 2.75. The first kappa shape index (κ1) is 14.4. The van der Waals surface area contributed by atoms with Crippen LogP contribution >= 0.6 is 0 Å². The van der Waals surface area contributed by atoms with E-state index in [-0.39, 0.29) is 5.78 Å². The van der Waals surface area contributed by atoms with Gasteiger partial charge in [0.2, 0.25) is 0 Å². The molecule has 0 atom stereocenters. The van der Waals surface area contributed by atoms with Gasteiger partial charge in [-0.2, -0.15) is 0 Å². The van der Waals surface area contributed by atoms with Gasteiger partial charge in [-0.3, -0.25) is 4.79 Å². The highest BCUT2D eigenvalue weighted by atomic mass is 16.5. The smallest absolute Gasteiger partial charge is 0.188 e. The lowest BCUT2D eigenvalue weighted by molar-refractivity contribution is 0.103. The number of nitrogens with one attached hydrogen (secondary N) is 1. The Bertz CT molecular complexity index is 341. The lowest BCUT2D eigenvalue weighted by Crippen LogP contribution is -1.98. The van der Waals surface area contributed by atoms with Crippen molar-refractivity contribution >= 4 is 5.78 Å². The molecule has 88 valence electrons. The first-order valence-corrected chi connectivity index (χ1v) is 4.99. The molecule has 3 nitrogen and oxygen atoms in total. The third-order valence-corrected chi connectivity index (χ3v) is 1.74. The largest absolute Gasteiger partial charge is 0.497 e. The van der Waals surface area contributed by atoms with E-state index in [0.717, 1.165) is 5.75 Å². The van der Waals surface area contributed by atoms with Crippen molar-refractivity contribution in [1.82, 2.24) is 5.32 Å². The van der Waals surface area contributed by atoms with Gasteiger partial charge in [-0.05, 0) is 50.9 Å². The number of carbonyl (C=O) groups is 1. The van der Waals surface area contributed by atoms with E-state index < -0.39 is 0 Å². The second kappa shape index (κ2) is 7.65. The van der Waals surface area contributed by atoms with Gasteiger partial charge < -0.3 is 10.1 Å². The molecule has 0 aliphatic rings. The molecule has 0 fully saturated rings. The van der Waals surface area contributed by atoms with Crippen molar-refractivity contribution in [2.45, 2.75) is 6.92 Å². The van der Waals surface area contributed by atoms with Crippen molar-refractivity contribution in [3.05, 3.63) is 42.0 Å². The molecule has 16 heavy (non-hydrogen) atoms. The molecule has 0 amide bonds. The Balaban J connectivity index is 0.000000673. The molecule has 0 unspecified atom stereocenters. The van der Waals surface area contributed by atoms with Crippen LogP contribution in [0.5, 0.6) is 5.75 Å². The Morgan fingerprint density at radius 3 is 2.00 bits per heavy atom. The molecule has 3 heteroatoms. The monoisotopic (exact) mass is 221 g/mol. The van der Waals surface area contributed by atoms with Crippen molar-refractivity contribution in [3.63, 3.8) is 0 Å². The summed E-state index contributed by atoms with van der Waals surface area (Å²) in [5.41, 5.74) is 1.19. The summed E-state index contributed by atoms with van der Waals surface area (Å²) in [6.45, 7) is 5.29. The molecule has 0 saturated heterocycles. The number of ketones is 1. The minimum absolute atomic E-state index is 0.0253. The van der Waals surface area contributed by atoms with Crippen molar-refractivity contribution in [2.75, 3.05) is 21.2 Å². The molecule has 0 radical (unpaired) electrons. The molecule has 0 aliphatic carbocycles. The third-order valence-electron chi connectivity index (χ3n) is 1.74. The molecule has 0 aliphatic heterocycles. The van der Waals surface area contributed by atoms with E-state index in [2.05, 4.69) is 11.9 Å². The van der Waals surface area contributed by atoms with Crippen molar-refractivity contribution in [1.29, 1.82) is 0 Å². The average molecular weight is 221 g/mol. The van der Waals surface area contributed by atoms with Gasteiger partial charge in [0, 0.05) is 5.56 Å². The minimum atomic E-state index is -0.0253. The van der Waals surface area contributed by atoms with Crippen molar-refractivity contribution in [2.24, 2.45) is 0 Å². The van der Waals surface area contributed by atoms with Crippen LogP contribution in [0.2, 0.25) is 0 Å². The number of allylic oxidation sites excluding steroid dienone is 1. The van der Waals surface area contributed by atoms with Crippen LogP contribution in [0.1, 0.15) is 17.3 Å². The maximum Gasteiger partial charge on any atom is 0.188 e. The molecule has 0 saturated carbocycles. The van der Waals surface area contributed by atoms with Crippen molar-refractivity contribution in [3.8, 4) is 5.75 Å². The fourth-order valence-electron chi connectivity index (χ4n) is 0.989. The Morgan fingerprint density at radius 2 is 1.69 bits per heavy atom. The summed E-state index contributed by atoms with van der Waals surface area (Å²) in [5.74, 6) is 0.723. The number of rotatable bonds is 3. The van der Waals surface area contributed by atoms with Crippen LogP contribution in [0.4, 0.5) is 0 Å². The second-order valence-electron chi connectivity index (χ2n) is 3.34. The summed E-state index contributed by atoms with van der Waals surface area (Å²) < 4.78 is 4.98. The first-order chi connectivity index (χ1) is 7.56. The van der Waals surface area contributed by atoms with Crippen LogP contribution in [-0.4, -0.2) is 27.0 Å². The van der Waals surface area contributed by atoms with Gasteiger partial charge >= 0.3 is 0 Å². The Labute approximate surface area is 97.1 Å². The SMILES string of the molecule is C=C(C)C(=O)c1ccc(OC)cc1.CNC. The van der Waals surface area contributed by atoms with Gasteiger partial charge in [-0.15, -0.1) is 0 Å². The minimum Gasteiger partial charge on any atom is -0.497 e. The Morgan fingerprint density at radius 1 is 1.25 bits per heavy atom. The summed E-state index contributed by atoms with van der Waals surface area (Å²) in [7, 11) is 5.34. The van der Waals surface area contributed by atoms with Crippen molar-refractivity contribution < 1.29 is 9.53 Å². The molecule has 0 spiro atoms. The van der Waals surface area contributed by atoms with E-state index in [9.17, 15) is 4.79 Å². The second-order valence-corrected chi connectivity index (χ2v) is 3.34. The van der Waals surface area contributed by atoms with Gasteiger partial charge in [-0.25, -0.2) is 0 Å². The summed E-state index contributed by atoms with van der Waals surface area (Å²) >= 11 is 0. The lowest BCUT2D eigenvalue weighted by Gasteiger charge is -2.01. The zero-order valence-corrected chi connectivity index (χ0v) is 10.3. The van der Waals surface area contributed by atoms with Gasteiger partial charge in [0.1, 0.15) is 5.75 Å². The summed E-state index contributed by atoms with van der Waals surface area (Å²) in [6, 6.07) is 6.98. The highest BCUT2D eigenvalue weighted by Crippen LogP contribution is 2.13. The predicted molar refractivity (Wildman–Crippen MR) is 67.1 cm³/mol. The molecule has 1 N–H and O–H groups in total. The van der Waals surface area contributed by atoms with E-state index >= 15 is 0 Å². The molecule has 1 aromatic carbocycles. The third kappa shape index (κ3) is 4.75. The Hall–Kier alpha value is -1.61. The number of ether oxygens (including phenoxy) is 1. The molecule has 1 aromatic rings. The van der Waals surface area contributed by atoms with Crippen LogP contribution < -0.4 is 10.1 Å². The molecular weight excluding hydrogens is 202 g/mol. The van der Waals surface area contributed by atoms with E-state index in [1.807, 2.05) is 14.1 Å². The highest BCUT2D eigenvalue weighted by molar-refractivity contribution is 6.07. The average Bonchev–Trinajstić information content (AvgIpc) is 2.29. The Kier molecular flexibility index (Phi) is 6.88. The summed E-state index contributed by atoms with van der Waals surface area (Å²) in [4.78, 5) is 11.4. The number of hydrogen-bond acceptors (Lipinski definition) is 3. The van der Waals surface area contributed by atoms with E-state index in [1.54, 1.807) is 38.3 Å². The van der Waals surface area contributed by atoms with Gasteiger partial charge in [0.25, 0.3) is 0 Å². The number of Topliss-reactive ketones (excluding diaryl/α,β-unsaturated/α-hetero) is 1. The van der Waals surface area contributed by atoms with E-state index in [0.29, 0.717) is 11.1 Å². The van der Waals surface area contributed by atoms with Crippen LogP contribution in [0.25, 0.3) is 0 Å². The topological polar surface area (TPSA) is 38.3 Å². The number of carbonyl (C=O) groups excluding carboxylic acids is 1. The zero-order valence-electron chi connectivity index (χ0n) is 10.3. The standard InChI is InChI=1S/C11H12O2.C2H7N/c1-8(2)11(12)9-4-6-10(13-3)7-5-9;1-3-2/h4-7H,1H2,2-3H3;3H,1-2H3. The number of benzene rings is 1. The van der Waals surface area contributed by atoms with Crippen LogP contribution in [0.3, 0.4) is 0 Å². The predicted octanol–water partition coefficient (Wildman–Crippen LogP) is 2.29. The fourth-order valence-corrected chi connectivity index (χ4v) is 0.989.